The Morgan fingerprint density at radius 1 is 1.21 bits per heavy atom. The number of benzene rings is 1. The van der Waals surface area contributed by atoms with Crippen molar-refractivity contribution in [2.24, 2.45) is 5.41 Å². The lowest BCUT2D eigenvalue weighted by Gasteiger charge is -2.16. The van der Waals surface area contributed by atoms with Crippen LogP contribution >= 0.6 is 11.6 Å². The maximum Gasteiger partial charge on any atom is 0.434 e. The Bertz CT molecular complexity index is 1370. The van der Waals surface area contributed by atoms with Crippen LogP contribution in [0.2, 0.25) is 30.7 Å². The van der Waals surface area contributed by atoms with E-state index in [4.69, 9.17) is 21.1 Å². The predicted molar refractivity (Wildman–Crippen MR) is 145 cm³/mol. The molecule has 0 saturated heterocycles. The molecule has 1 fully saturated rings. The Kier molecular flexibility index (Phi) is 8.16. The summed E-state index contributed by atoms with van der Waals surface area (Å²) in [6.45, 7) is 8.88. The minimum Gasteiger partial charge on any atom is -0.481 e. The number of rotatable bonds is 11. The van der Waals surface area contributed by atoms with Gasteiger partial charge in [0, 0.05) is 44.3 Å². The van der Waals surface area contributed by atoms with Crippen molar-refractivity contribution in [1.82, 2.24) is 14.5 Å². The lowest BCUT2D eigenvalue weighted by molar-refractivity contribution is -0.144. The molecule has 0 radical (unpaired) electrons. The molecule has 1 aliphatic carbocycles. The van der Waals surface area contributed by atoms with Gasteiger partial charge in [-0.3, -0.25) is 4.79 Å². The van der Waals surface area contributed by atoms with Crippen molar-refractivity contribution in [3.8, 4) is 28.4 Å². The van der Waals surface area contributed by atoms with E-state index in [2.05, 4.69) is 29.6 Å². The number of halogens is 4. The monoisotopic (exact) mass is 581 g/mol. The molecule has 0 bridgehead atoms. The molecule has 39 heavy (non-hydrogen) atoms. The summed E-state index contributed by atoms with van der Waals surface area (Å²) in [4.78, 5) is 19.5. The number of imidazole rings is 1. The van der Waals surface area contributed by atoms with Crippen LogP contribution < -0.4 is 4.74 Å². The number of aliphatic carboxylic acids is 1. The van der Waals surface area contributed by atoms with Gasteiger partial charge in [0.05, 0.1) is 5.02 Å². The van der Waals surface area contributed by atoms with Crippen molar-refractivity contribution < 1.29 is 32.5 Å². The normalized spacial score (nSPS) is 14.9. The first-order valence-corrected chi connectivity index (χ1v) is 16.6. The lowest BCUT2D eigenvalue weighted by atomic mass is 10.0. The van der Waals surface area contributed by atoms with Crippen LogP contribution in [-0.4, -0.2) is 46.9 Å². The number of carboxylic acids is 1. The van der Waals surface area contributed by atoms with Gasteiger partial charge in [-0.15, -0.1) is 0 Å². The molecule has 4 rings (SSSR count). The van der Waals surface area contributed by atoms with Gasteiger partial charge in [0.25, 0.3) is 0 Å². The average Bonchev–Trinajstić information content (AvgIpc) is 3.51. The van der Waals surface area contributed by atoms with E-state index in [1.54, 1.807) is 30.5 Å². The summed E-state index contributed by atoms with van der Waals surface area (Å²) in [6.07, 6.45) is -0.904. The molecule has 0 aliphatic heterocycles. The molecule has 7 nitrogen and oxygen atoms in total. The highest BCUT2D eigenvalue weighted by molar-refractivity contribution is 6.76. The Morgan fingerprint density at radius 2 is 1.92 bits per heavy atom. The fourth-order valence-corrected chi connectivity index (χ4v) is 4.99. The zero-order chi connectivity index (χ0) is 28.6. The Labute approximate surface area is 231 Å². The zero-order valence-electron chi connectivity index (χ0n) is 22.2. The molecular formula is C27H31ClF3N3O4Si. The number of carboxylic acid groups (broad SMARTS) is 1. The number of carbonyl (C=O) groups is 1. The second-order valence-corrected chi connectivity index (χ2v) is 17.2. The zero-order valence-corrected chi connectivity index (χ0v) is 24.0. The van der Waals surface area contributed by atoms with Gasteiger partial charge < -0.3 is 19.1 Å². The summed E-state index contributed by atoms with van der Waals surface area (Å²) in [5.74, 6) is -0.480. The number of nitrogens with zero attached hydrogens (tertiary/aromatic N) is 3. The minimum absolute atomic E-state index is 0.0586. The standard InChI is InChI=1S/C27H31ClF3N3O4Si/c1-17-11-23(38-15-26(7-8-26)25(35)36)32-13-20(17)18-5-6-19(21(28)12-18)24-33-22(27(29,30)31)14-34(24)16-37-9-10-39(2,3)4/h5-6,11-14H,7-10,15-16H2,1-4H3,(H,35,36). The van der Waals surface area contributed by atoms with Gasteiger partial charge in [-0.25, -0.2) is 9.97 Å². The van der Waals surface area contributed by atoms with E-state index in [0.29, 0.717) is 36.5 Å². The smallest absolute Gasteiger partial charge is 0.434 e. The third-order valence-corrected chi connectivity index (χ3v) is 8.72. The van der Waals surface area contributed by atoms with Crippen molar-refractivity contribution in [3.63, 3.8) is 0 Å². The molecule has 210 valence electrons. The van der Waals surface area contributed by atoms with Crippen molar-refractivity contribution >= 4 is 25.6 Å². The minimum atomic E-state index is -4.61. The highest BCUT2D eigenvalue weighted by Crippen LogP contribution is 2.46. The molecule has 3 aromatic rings. The fourth-order valence-electron chi connectivity index (χ4n) is 3.97. The average molecular weight is 582 g/mol. The van der Waals surface area contributed by atoms with E-state index >= 15 is 0 Å². The van der Waals surface area contributed by atoms with Gasteiger partial charge in [0.15, 0.2) is 5.69 Å². The van der Waals surface area contributed by atoms with E-state index in [0.717, 1.165) is 23.4 Å². The van der Waals surface area contributed by atoms with E-state index in [1.165, 1.54) is 4.57 Å². The molecule has 1 saturated carbocycles. The summed E-state index contributed by atoms with van der Waals surface area (Å²) in [5.41, 5.74) is 0.792. The van der Waals surface area contributed by atoms with Gasteiger partial charge in [-0.1, -0.05) is 37.3 Å². The van der Waals surface area contributed by atoms with E-state index in [1.807, 2.05) is 6.92 Å². The number of hydrogen-bond donors (Lipinski definition) is 1. The van der Waals surface area contributed by atoms with Crippen LogP contribution in [0, 0.1) is 12.3 Å². The van der Waals surface area contributed by atoms with Gasteiger partial charge in [-0.05, 0) is 49.1 Å². The highest BCUT2D eigenvalue weighted by atomic mass is 35.5. The number of pyridine rings is 1. The lowest BCUT2D eigenvalue weighted by Crippen LogP contribution is -2.23. The first-order chi connectivity index (χ1) is 18.2. The van der Waals surface area contributed by atoms with Crippen LogP contribution in [0.4, 0.5) is 13.2 Å². The Balaban J connectivity index is 1.55. The molecule has 2 heterocycles. The van der Waals surface area contributed by atoms with Crippen molar-refractivity contribution in [3.05, 3.63) is 52.9 Å². The SMILES string of the molecule is Cc1cc(OCC2(C(=O)O)CC2)ncc1-c1ccc(-c2nc(C(F)(F)F)cn2COCC[Si](C)(C)C)c(Cl)c1. The summed E-state index contributed by atoms with van der Waals surface area (Å²) in [6, 6.07) is 7.63. The van der Waals surface area contributed by atoms with Crippen LogP contribution in [-0.2, 0) is 22.4 Å². The molecule has 0 spiro atoms. The number of alkyl halides is 3. The predicted octanol–water partition coefficient (Wildman–Crippen LogP) is 7.15. The second kappa shape index (κ2) is 10.9. The van der Waals surface area contributed by atoms with E-state index in [9.17, 15) is 23.1 Å². The number of aryl methyl sites for hydroxylation is 1. The summed E-state index contributed by atoms with van der Waals surface area (Å²) in [5, 5.41) is 9.55. The molecule has 0 amide bonds. The van der Waals surface area contributed by atoms with Gasteiger partial charge in [-0.2, -0.15) is 13.2 Å². The molecule has 1 aromatic carbocycles. The fraction of sp³-hybridized carbons (Fsp3) is 0.444. The second-order valence-electron chi connectivity index (χ2n) is 11.2. The Hall–Kier alpha value is -2.89. The van der Waals surface area contributed by atoms with Gasteiger partial charge in [0.2, 0.25) is 5.88 Å². The van der Waals surface area contributed by atoms with Crippen LogP contribution in [0.5, 0.6) is 5.88 Å². The van der Waals surface area contributed by atoms with Gasteiger partial charge in [0.1, 0.15) is 24.6 Å². The van der Waals surface area contributed by atoms with Crippen molar-refractivity contribution in [1.29, 1.82) is 0 Å². The molecule has 2 aromatic heterocycles. The Morgan fingerprint density at radius 3 is 2.49 bits per heavy atom. The van der Waals surface area contributed by atoms with Crippen molar-refractivity contribution in [2.75, 3.05) is 13.2 Å². The van der Waals surface area contributed by atoms with E-state index in [-0.39, 0.29) is 24.2 Å². The van der Waals surface area contributed by atoms with Crippen LogP contribution in [0.15, 0.2) is 36.7 Å². The number of aromatic nitrogens is 3. The molecule has 1 aliphatic rings. The summed E-state index contributed by atoms with van der Waals surface area (Å²) < 4.78 is 53.1. The topological polar surface area (TPSA) is 86.5 Å². The number of hydrogen-bond acceptors (Lipinski definition) is 5. The molecule has 0 unspecified atom stereocenters. The maximum atomic E-state index is 13.5. The maximum absolute atomic E-state index is 13.5. The van der Waals surface area contributed by atoms with Crippen LogP contribution in [0.25, 0.3) is 22.5 Å². The quantitative estimate of drug-likeness (QED) is 0.191. The van der Waals surface area contributed by atoms with Crippen LogP contribution in [0.3, 0.4) is 0 Å². The van der Waals surface area contributed by atoms with Crippen molar-refractivity contribution in [2.45, 2.75) is 58.4 Å². The summed E-state index contributed by atoms with van der Waals surface area (Å²) >= 11 is 6.58. The van der Waals surface area contributed by atoms with E-state index < -0.39 is 31.3 Å². The molecule has 0 atom stereocenters. The first-order valence-electron chi connectivity index (χ1n) is 12.5. The molecule has 1 N–H and O–H groups in total. The third-order valence-electron chi connectivity index (χ3n) is 6.70. The van der Waals surface area contributed by atoms with Gasteiger partial charge >= 0.3 is 12.1 Å². The first kappa shape index (κ1) is 29.1. The summed E-state index contributed by atoms with van der Waals surface area (Å²) in [7, 11) is -1.36. The molecular weight excluding hydrogens is 551 g/mol. The largest absolute Gasteiger partial charge is 0.481 e. The van der Waals surface area contributed by atoms with Crippen LogP contribution in [0.1, 0.15) is 24.1 Å². The number of ether oxygens (including phenoxy) is 2. The molecule has 12 heteroatoms. The third kappa shape index (κ3) is 7.01. The highest BCUT2D eigenvalue weighted by Gasteiger charge is 2.51.